The molecular weight excluding hydrogens is 396 g/mol. The molecule has 2 atom stereocenters. The summed E-state index contributed by atoms with van der Waals surface area (Å²) in [4.78, 5) is 15.4. The third-order valence-corrected chi connectivity index (χ3v) is 5.75. The molecule has 144 valence electrons. The minimum Gasteiger partial charge on any atom is -0.379 e. The second kappa shape index (κ2) is 7.33. The van der Waals surface area contributed by atoms with E-state index >= 15 is 0 Å². The van der Waals surface area contributed by atoms with Gasteiger partial charge in [0.05, 0.1) is 24.1 Å². The third-order valence-electron chi connectivity index (χ3n) is 5.14. The Morgan fingerprint density at radius 2 is 2.26 bits per heavy atom. The van der Waals surface area contributed by atoms with Crippen LogP contribution in [0.25, 0.3) is 0 Å². The second-order valence-electron chi connectivity index (χ2n) is 6.93. The second-order valence-corrected chi connectivity index (χ2v) is 7.72. The number of nitrogens with one attached hydrogen (secondary N) is 2. The molecule has 2 aliphatic heterocycles. The van der Waals surface area contributed by atoms with Crippen LogP contribution < -0.4 is 5.32 Å². The Morgan fingerprint density at radius 1 is 1.44 bits per heavy atom. The van der Waals surface area contributed by atoms with Gasteiger partial charge in [-0.05, 0) is 37.2 Å². The minimum absolute atomic E-state index is 0.0264. The Morgan fingerprint density at radius 3 is 3.00 bits per heavy atom. The number of carbonyl (C=O) groups is 1. The fourth-order valence-electron chi connectivity index (χ4n) is 3.84. The van der Waals surface area contributed by atoms with E-state index in [0.717, 1.165) is 12.1 Å². The number of nitrogens with zero attached hydrogens (tertiary/aromatic N) is 1. The zero-order valence-electron chi connectivity index (χ0n) is 14.4. The molecule has 27 heavy (non-hydrogen) atoms. The smallest absolute Gasteiger partial charge is 0.226 e. The van der Waals surface area contributed by atoms with Gasteiger partial charge in [-0.2, -0.15) is 0 Å². The van der Waals surface area contributed by atoms with Crippen molar-refractivity contribution in [2.45, 2.75) is 37.8 Å². The Balaban J connectivity index is 1.55. The predicted octanol–water partition coefficient (Wildman–Crippen LogP) is 3.26. The van der Waals surface area contributed by atoms with Gasteiger partial charge in [-0.1, -0.05) is 11.6 Å². The maximum absolute atomic E-state index is 14.4. The van der Waals surface area contributed by atoms with Crippen molar-refractivity contribution in [3.63, 3.8) is 0 Å². The van der Waals surface area contributed by atoms with Crippen molar-refractivity contribution in [2.24, 2.45) is 0 Å². The summed E-state index contributed by atoms with van der Waals surface area (Å²) in [7, 11) is 0. The molecule has 2 aromatic rings. The molecular formula is C18H18ClF2N3O2S. The molecule has 9 heteroatoms. The Bertz CT molecular complexity index is 953. The lowest BCUT2D eigenvalue weighted by atomic mass is 9.95. The molecule has 0 saturated carbocycles. The number of fused-ring (bicyclic) bond motifs is 1. The van der Waals surface area contributed by atoms with E-state index in [4.69, 9.17) is 28.6 Å². The van der Waals surface area contributed by atoms with Crippen LogP contribution in [0.15, 0.2) is 12.1 Å². The summed E-state index contributed by atoms with van der Waals surface area (Å²) < 4.78 is 36.1. The van der Waals surface area contributed by atoms with Crippen LogP contribution >= 0.6 is 23.8 Å². The number of amides is 1. The number of aromatic amines is 1. The summed E-state index contributed by atoms with van der Waals surface area (Å²) in [5.41, 5.74) is 1.46. The van der Waals surface area contributed by atoms with Gasteiger partial charge in [0.1, 0.15) is 11.6 Å². The molecule has 0 spiro atoms. The highest BCUT2D eigenvalue weighted by Crippen LogP contribution is 2.36. The van der Waals surface area contributed by atoms with Crippen molar-refractivity contribution in [2.75, 3.05) is 13.2 Å². The monoisotopic (exact) mass is 413 g/mol. The van der Waals surface area contributed by atoms with Crippen LogP contribution in [0.2, 0.25) is 5.02 Å². The van der Waals surface area contributed by atoms with Gasteiger partial charge in [-0.25, -0.2) is 8.78 Å². The summed E-state index contributed by atoms with van der Waals surface area (Å²) in [5.74, 6) is -1.90. The number of hydrogen-bond acceptors (Lipinski definition) is 3. The first-order valence-corrected chi connectivity index (χ1v) is 9.53. The zero-order valence-corrected chi connectivity index (χ0v) is 15.9. The van der Waals surface area contributed by atoms with E-state index in [-0.39, 0.29) is 29.0 Å². The fraction of sp³-hybridized carbons (Fsp3) is 0.444. The largest absolute Gasteiger partial charge is 0.379 e. The number of hydrogen-bond donors (Lipinski definition) is 2. The lowest BCUT2D eigenvalue weighted by molar-refractivity contribution is -0.121. The number of imidazole rings is 1. The van der Waals surface area contributed by atoms with Crippen LogP contribution in [0, 0.1) is 16.4 Å². The summed E-state index contributed by atoms with van der Waals surface area (Å²) in [6.07, 6.45) is 1.32. The lowest BCUT2D eigenvalue weighted by Gasteiger charge is -2.13. The number of carbonyl (C=O) groups excluding carboxylic acids is 1. The number of rotatable bonds is 4. The average Bonchev–Trinajstić information content (AvgIpc) is 3.32. The highest BCUT2D eigenvalue weighted by molar-refractivity contribution is 7.71. The number of benzene rings is 1. The van der Waals surface area contributed by atoms with Crippen LogP contribution in [0.3, 0.4) is 0 Å². The SMILES string of the molecule is O=C(Cc1[nH]c(=S)n2c1CC(c1c(F)ccc(Cl)c1F)C2)NC1CCOC1. The maximum Gasteiger partial charge on any atom is 0.226 e. The van der Waals surface area contributed by atoms with Crippen molar-refractivity contribution < 1.29 is 18.3 Å². The molecule has 4 rings (SSSR count). The Hall–Kier alpha value is -1.77. The van der Waals surface area contributed by atoms with Crippen molar-refractivity contribution in [3.05, 3.63) is 50.5 Å². The Labute approximate surface area is 164 Å². The fourth-order valence-corrected chi connectivity index (χ4v) is 4.32. The molecule has 0 radical (unpaired) electrons. The lowest BCUT2D eigenvalue weighted by Crippen LogP contribution is -2.36. The molecule has 2 aliphatic rings. The van der Waals surface area contributed by atoms with Gasteiger partial charge in [0.15, 0.2) is 4.77 Å². The predicted molar refractivity (Wildman–Crippen MR) is 98.5 cm³/mol. The topological polar surface area (TPSA) is 59.0 Å². The highest BCUT2D eigenvalue weighted by atomic mass is 35.5. The molecule has 1 fully saturated rings. The van der Waals surface area contributed by atoms with Gasteiger partial charge in [0.2, 0.25) is 5.91 Å². The van der Waals surface area contributed by atoms with Gasteiger partial charge in [-0.15, -0.1) is 0 Å². The minimum atomic E-state index is -0.733. The number of H-pyrrole nitrogens is 1. The molecule has 2 unspecified atom stereocenters. The Kier molecular flexibility index (Phi) is 5.05. The van der Waals surface area contributed by atoms with E-state index in [1.807, 2.05) is 0 Å². The van der Waals surface area contributed by atoms with E-state index in [2.05, 4.69) is 10.3 Å². The summed E-state index contributed by atoms with van der Waals surface area (Å²) >= 11 is 11.2. The molecule has 3 heterocycles. The van der Waals surface area contributed by atoms with Crippen LogP contribution in [0.5, 0.6) is 0 Å². The van der Waals surface area contributed by atoms with E-state index < -0.39 is 17.6 Å². The molecule has 0 aliphatic carbocycles. The van der Waals surface area contributed by atoms with E-state index in [1.165, 1.54) is 12.1 Å². The molecule has 1 aromatic carbocycles. The van der Waals surface area contributed by atoms with Crippen LogP contribution in [0.1, 0.15) is 29.3 Å². The van der Waals surface area contributed by atoms with Crippen LogP contribution in [-0.2, 0) is 28.9 Å². The van der Waals surface area contributed by atoms with Gasteiger partial charge in [-0.3, -0.25) is 4.79 Å². The van der Waals surface area contributed by atoms with E-state index in [1.54, 1.807) is 4.57 Å². The molecule has 1 amide bonds. The standard InChI is InChI=1S/C18H18ClF2N3O2S/c19-11-1-2-12(20)16(17(11)21)9-5-14-13(23-18(27)24(14)7-9)6-15(25)22-10-3-4-26-8-10/h1-2,9-10H,3-8H2,(H,22,25)(H,23,27). The van der Waals surface area contributed by atoms with Crippen molar-refractivity contribution in [1.29, 1.82) is 0 Å². The average molecular weight is 414 g/mol. The first-order valence-electron chi connectivity index (χ1n) is 8.75. The summed E-state index contributed by atoms with van der Waals surface area (Å²) in [6, 6.07) is 2.41. The normalized spacial score (nSPS) is 21.4. The third kappa shape index (κ3) is 3.53. The van der Waals surface area contributed by atoms with Crippen molar-refractivity contribution in [1.82, 2.24) is 14.9 Å². The highest BCUT2D eigenvalue weighted by Gasteiger charge is 2.32. The van der Waals surface area contributed by atoms with Gasteiger partial charge >= 0.3 is 0 Å². The number of ether oxygens (including phenoxy) is 1. The van der Waals surface area contributed by atoms with Crippen molar-refractivity contribution in [3.8, 4) is 0 Å². The summed E-state index contributed by atoms with van der Waals surface area (Å²) in [6.45, 7) is 1.51. The quantitative estimate of drug-likeness (QED) is 0.597. The molecule has 5 nitrogen and oxygen atoms in total. The molecule has 1 saturated heterocycles. The van der Waals surface area contributed by atoms with E-state index in [9.17, 15) is 13.6 Å². The number of halogens is 3. The number of aromatic nitrogens is 2. The maximum atomic E-state index is 14.4. The van der Waals surface area contributed by atoms with Crippen molar-refractivity contribution >= 4 is 29.7 Å². The summed E-state index contributed by atoms with van der Waals surface area (Å²) in [5, 5.41) is 2.83. The molecule has 1 aromatic heterocycles. The van der Waals surface area contributed by atoms with Gasteiger partial charge in [0, 0.05) is 36.0 Å². The van der Waals surface area contributed by atoms with E-state index in [0.29, 0.717) is 36.6 Å². The zero-order chi connectivity index (χ0) is 19.1. The van der Waals surface area contributed by atoms with Crippen LogP contribution in [-0.4, -0.2) is 34.7 Å². The van der Waals surface area contributed by atoms with Gasteiger partial charge < -0.3 is 19.6 Å². The molecule has 0 bridgehead atoms. The van der Waals surface area contributed by atoms with Gasteiger partial charge in [0.25, 0.3) is 0 Å². The van der Waals surface area contributed by atoms with Crippen LogP contribution in [0.4, 0.5) is 8.78 Å². The molecule has 2 N–H and O–H groups in total. The first-order chi connectivity index (χ1) is 12.9. The first kappa shape index (κ1) is 18.6.